The molecule has 2 amide bonds. The van der Waals surface area contributed by atoms with Gasteiger partial charge in [0.25, 0.3) is 0 Å². The normalized spacial score (nSPS) is 43.8. The molecular weight excluding hydrogens is 494 g/mol. The van der Waals surface area contributed by atoms with Crippen LogP contribution in [0.25, 0.3) is 0 Å². The molecule has 4 aliphatic carbocycles. The van der Waals surface area contributed by atoms with Crippen molar-refractivity contribution in [1.82, 2.24) is 15.5 Å². The number of β-amino-alcohol motifs (C(OH)–C–C–N with tert-alkyl or cyclic N) is 1. The molecule has 6 rings (SSSR count). The van der Waals surface area contributed by atoms with Gasteiger partial charge in [-0.1, -0.05) is 13.8 Å². The van der Waals surface area contributed by atoms with Gasteiger partial charge in [-0.15, -0.1) is 0 Å². The number of carbonyl (C=O) groups is 1. The van der Waals surface area contributed by atoms with Gasteiger partial charge in [0.05, 0.1) is 18.0 Å². The number of fused-ring (bicyclic) bond motifs is 5. The van der Waals surface area contributed by atoms with Crippen molar-refractivity contribution >= 4 is 6.03 Å². The first-order chi connectivity index (χ1) is 18.6. The van der Waals surface area contributed by atoms with Crippen molar-refractivity contribution in [1.29, 1.82) is 0 Å². The summed E-state index contributed by atoms with van der Waals surface area (Å²) in [5.74, 6) is 1.59. The van der Waals surface area contributed by atoms with Crippen LogP contribution in [0.15, 0.2) is 27.6 Å². The van der Waals surface area contributed by atoms with Crippen molar-refractivity contribution < 1.29 is 19.4 Å². The molecule has 4 N–H and O–H groups in total. The van der Waals surface area contributed by atoms with Gasteiger partial charge in [-0.3, -0.25) is 4.90 Å². The molecule has 0 aromatic carbocycles. The van der Waals surface area contributed by atoms with E-state index in [4.69, 9.17) is 4.42 Å². The summed E-state index contributed by atoms with van der Waals surface area (Å²) in [6.45, 7) is 7.73. The minimum absolute atomic E-state index is 0.0754. The van der Waals surface area contributed by atoms with Gasteiger partial charge in [0.2, 0.25) is 0 Å². The molecule has 0 spiro atoms. The van der Waals surface area contributed by atoms with E-state index in [0.29, 0.717) is 30.8 Å². The number of hydrogen-bond acceptors (Lipinski definition) is 6. The van der Waals surface area contributed by atoms with Gasteiger partial charge in [-0.2, -0.15) is 0 Å². The van der Waals surface area contributed by atoms with E-state index >= 15 is 0 Å². The molecule has 2 heterocycles. The molecule has 1 aromatic heterocycles. The fourth-order valence-corrected chi connectivity index (χ4v) is 10.0. The van der Waals surface area contributed by atoms with E-state index in [-0.39, 0.29) is 40.6 Å². The van der Waals surface area contributed by atoms with Crippen LogP contribution in [0, 0.1) is 28.6 Å². The van der Waals surface area contributed by atoms with E-state index < -0.39 is 5.60 Å². The highest BCUT2D eigenvalue weighted by molar-refractivity contribution is 5.74. The summed E-state index contributed by atoms with van der Waals surface area (Å²) in [5.41, 5.74) is 0.0293. The first-order valence-electron chi connectivity index (χ1n) is 15.4. The molecule has 39 heavy (non-hydrogen) atoms. The third kappa shape index (κ3) is 4.64. The van der Waals surface area contributed by atoms with Crippen LogP contribution in [0.2, 0.25) is 0 Å². The molecular formula is C31H47N3O5. The van der Waals surface area contributed by atoms with Crippen molar-refractivity contribution in [3.05, 3.63) is 34.4 Å². The maximum absolute atomic E-state index is 12.6. The quantitative estimate of drug-likeness (QED) is 0.453. The van der Waals surface area contributed by atoms with Crippen LogP contribution in [0.5, 0.6) is 0 Å². The van der Waals surface area contributed by atoms with E-state index in [9.17, 15) is 19.8 Å². The third-order valence-electron chi connectivity index (χ3n) is 12.3. The maximum atomic E-state index is 12.6. The van der Waals surface area contributed by atoms with Crippen molar-refractivity contribution in [3.8, 4) is 0 Å². The molecule has 5 fully saturated rings. The van der Waals surface area contributed by atoms with Gasteiger partial charge in [0.1, 0.15) is 0 Å². The number of rotatable bonds is 5. The Hall–Kier alpha value is -1.90. The van der Waals surface area contributed by atoms with Gasteiger partial charge in [0.15, 0.2) is 0 Å². The lowest BCUT2D eigenvalue weighted by Crippen LogP contribution is -2.62. The monoisotopic (exact) mass is 541 g/mol. The zero-order chi connectivity index (χ0) is 27.4. The molecule has 5 aliphatic rings. The number of carbonyl (C=O) groups excluding carboxylic acids is 1. The number of likely N-dealkylation sites (tertiary alicyclic amines) is 1. The fourth-order valence-electron chi connectivity index (χ4n) is 10.0. The summed E-state index contributed by atoms with van der Waals surface area (Å²) in [4.78, 5) is 26.4. The van der Waals surface area contributed by atoms with Crippen LogP contribution in [0.4, 0.5) is 4.79 Å². The van der Waals surface area contributed by atoms with Crippen LogP contribution in [-0.2, 0) is 0 Å². The maximum Gasteiger partial charge on any atom is 0.335 e. The Kier molecular flexibility index (Phi) is 7.12. The predicted molar refractivity (Wildman–Crippen MR) is 148 cm³/mol. The van der Waals surface area contributed by atoms with E-state index in [1.807, 2.05) is 6.07 Å². The van der Waals surface area contributed by atoms with Crippen molar-refractivity contribution in [2.45, 2.75) is 102 Å². The molecule has 1 aromatic rings. The summed E-state index contributed by atoms with van der Waals surface area (Å²) < 4.78 is 5.22. The standard InChI is InChI=1S/C31H47N3O5/c1-29-11-7-22(33-28(37)32-14-16-34-15-10-23(35)18-34)17-21(29)4-5-26-25(29)8-12-30(2)24(9-13-31(26,30)38)20-3-6-27(36)39-19-20/h3,6,19,21-26,35,38H,4-5,7-18H2,1-2H3,(H2,32,33,37)/t21-,22+,23+,24-,25+,26-,29+,30-,31+/m1/s1. The smallest absolute Gasteiger partial charge is 0.335 e. The van der Waals surface area contributed by atoms with Gasteiger partial charge >= 0.3 is 11.7 Å². The Labute approximate surface area is 231 Å². The van der Waals surface area contributed by atoms with Crippen molar-refractivity contribution in [2.75, 3.05) is 26.2 Å². The summed E-state index contributed by atoms with van der Waals surface area (Å²) in [6, 6.07) is 3.54. The Morgan fingerprint density at radius 1 is 1.08 bits per heavy atom. The van der Waals surface area contributed by atoms with Crippen LogP contribution in [-0.4, -0.2) is 65.1 Å². The molecule has 9 atom stereocenters. The molecule has 8 nitrogen and oxygen atoms in total. The number of aliphatic hydroxyl groups is 2. The van der Waals surface area contributed by atoms with E-state index in [1.54, 1.807) is 6.26 Å². The second-order valence-corrected chi connectivity index (χ2v) is 14.0. The second-order valence-electron chi connectivity index (χ2n) is 14.0. The fraction of sp³-hybridized carbons (Fsp3) is 0.806. The van der Waals surface area contributed by atoms with E-state index in [1.165, 1.54) is 6.07 Å². The van der Waals surface area contributed by atoms with Crippen LogP contribution < -0.4 is 16.3 Å². The van der Waals surface area contributed by atoms with Gasteiger partial charge < -0.3 is 25.3 Å². The Bertz CT molecular complexity index is 1110. The molecule has 4 saturated carbocycles. The highest BCUT2D eigenvalue weighted by Crippen LogP contribution is 2.70. The number of nitrogens with one attached hydrogen (secondary N) is 2. The Balaban J connectivity index is 1.07. The number of nitrogens with zero attached hydrogens (tertiary/aromatic N) is 1. The highest BCUT2D eigenvalue weighted by Gasteiger charge is 2.67. The third-order valence-corrected chi connectivity index (χ3v) is 12.3. The lowest BCUT2D eigenvalue weighted by atomic mass is 9.43. The minimum Gasteiger partial charge on any atom is -0.431 e. The average molecular weight is 542 g/mol. The number of aliphatic hydroxyl groups excluding tert-OH is 1. The van der Waals surface area contributed by atoms with Crippen molar-refractivity contribution in [2.24, 2.45) is 28.6 Å². The van der Waals surface area contributed by atoms with E-state index in [0.717, 1.165) is 82.9 Å². The predicted octanol–water partition coefficient (Wildman–Crippen LogP) is 3.62. The molecule has 0 radical (unpaired) electrons. The Morgan fingerprint density at radius 3 is 2.67 bits per heavy atom. The summed E-state index contributed by atoms with van der Waals surface area (Å²) >= 11 is 0. The lowest BCUT2D eigenvalue weighted by Gasteiger charge is -2.63. The molecule has 1 saturated heterocycles. The first-order valence-corrected chi connectivity index (χ1v) is 15.4. The number of amides is 2. The lowest BCUT2D eigenvalue weighted by molar-refractivity contribution is -0.201. The number of urea groups is 1. The van der Waals surface area contributed by atoms with Crippen LogP contribution in [0.1, 0.15) is 89.5 Å². The van der Waals surface area contributed by atoms with Gasteiger partial charge in [0, 0.05) is 43.7 Å². The number of hydrogen-bond donors (Lipinski definition) is 4. The molecule has 8 heteroatoms. The van der Waals surface area contributed by atoms with Crippen LogP contribution >= 0.6 is 0 Å². The van der Waals surface area contributed by atoms with E-state index in [2.05, 4.69) is 29.4 Å². The molecule has 0 bridgehead atoms. The van der Waals surface area contributed by atoms with Gasteiger partial charge in [-0.05, 0) is 105 Å². The molecule has 0 unspecified atom stereocenters. The topological polar surface area (TPSA) is 115 Å². The minimum atomic E-state index is -0.689. The zero-order valence-corrected chi connectivity index (χ0v) is 23.7. The highest BCUT2D eigenvalue weighted by atomic mass is 16.4. The Morgan fingerprint density at radius 2 is 1.92 bits per heavy atom. The summed E-state index contributed by atoms with van der Waals surface area (Å²) in [5, 5.41) is 28.4. The molecule has 216 valence electrons. The van der Waals surface area contributed by atoms with Crippen LogP contribution in [0.3, 0.4) is 0 Å². The summed E-state index contributed by atoms with van der Waals surface area (Å²) in [6.07, 6.45) is 11.3. The van der Waals surface area contributed by atoms with Gasteiger partial charge in [-0.25, -0.2) is 9.59 Å². The molecule has 1 aliphatic heterocycles. The first kappa shape index (κ1) is 27.3. The summed E-state index contributed by atoms with van der Waals surface area (Å²) in [7, 11) is 0. The van der Waals surface area contributed by atoms with Crippen molar-refractivity contribution in [3.63, 3.8) is 0 Å². The SMILES string of the molecule is C[C@]12CC[C@H](NC(=O)NCCN3CC[C@H](O)C3)C[C@H]1CC[C@@H]1[C@@H]2CC[C@]2(C)[C@@H](c3ccc(=O)oc3)CC[C@]12O. The zero-order valence-electron chi connectivity index (χ0n) is 23.7. The second kappa shape index (κ2) is 10.2. The largest absolute Gasteiger partial charge is 0.431 e. The average Bonchev–Trinajstić information content (AvgIpc) is 3.44.